The molecular formula is C14H21ClN2O6. The van der Waals surface area contributed by atoms with Crippen molar-refractivity contribution in [2.75, 3.05) is 26.4 Å². The number of rotatable bonds is 11. The molecule has 0 saturated heterocycles. The van der Waals surface area contributed by atoms with Gasteiger partial charge in [-0.1, -0.05) is 25.4 Å². The summed E-state index contributed by atoms with van der Waals surface area (Å²) < 4.78 is 10.7. The van der Waals surface area contributed by atoms with E-state index in [9.17, 15) is 15.2 Å². The van der Waals surface area contributed by atoms with Crippen LogP contribution in [0.5, 0.6) is 11.5 Å². The largest absolute Gasteiger partial charge is 0.491 e. The van der Waals surface area contributed by atoms with Gasteiger partial charge in [0.25, 0.3) is 5.09 Å². The highest BCUT2D eigenvalue weighted by atomic mass is 35.5. The smallest absolute Gasteiger partial charge is 0.294 e. The molecule has 0 saturated carbocycles. The first-order chi connectivity index (χ1) is 10.9. The second-order valence-corrected chi connectivity index (χ2v) is 5.43. The van der Waals surface area contributed by atoms with Crippen LogP contribution in [-0.2, 0) is 4.84 Å². The van der Waals surface area contributed by atoms with Gasteiger partial charge in [-0.05, 0) is 12.1 Å². The van der Waals surface area contributed by atoms with Crippen molar-refractivity contribution in [2.24, 2.45) is 0 Å². The van der Waals surface area contributed by atoms with Crippen LogP contribution in [0.4, 0.5) is 0 Å². The van der Waals surface area contributed by atoms with Crippen molar-refractivity contribution in [1.29, 1.82) is 0 Å². The second kappa shape index (κ2) is 10.1. The first-order valence-electron chi connectivity index (χ1n) is 7.12. The van der Waals surface area contributed by atoms with Gasteiger partial charge in [0.15, 0.2) is 0 Å². The molecule has 0 heterocycles. The highest BCUT2D eigenvalue weighted by Crippen LogP contribution is 2.28. The molecule has 1 aromatic rings. The Labute approximate surface area is 139 Å². The van der Waals surface area contributed by atoms with Gasteiger partial charge in [0.2, 0.25) is 0 Å². The molecule has 8 nitrogen and oxygen atoms in total. The molecule has 0 fully saturated rings. The third-order valence-corrected chi connectivity index (χ3v) is 2.94. The lowest BCUT2D eigenvalue weighted by atomic mass is 10.3. The molecule has 0 bridgehead atoms. The maximum Gasteiger partial charge on any atom is 0.294 e. The predicted octanol–water partition coefficient (Wildman–Crippen LogP) is 1.66. The number of nitrogens with zero attached hydrogens (tertiary/aromatic N) is 1. The van der Waals surface area contributed by atoms with Crippen LogP contribution >= 0.6 is 11.6 Å². The normalized spacial score (nSPS) is 12.0. The Morgan fingerprint density at radius 1 is 1.35 bits per heavy atom. The van der Waals surface area contributed by atoms with Crippen molar-refractivity contribution in [1.82, 2.24) is 5.32 Å². The van der Waals surface area contributed by atoms with E-state index in [-0.39, 0.29) is 25.9 Å². The van der Waals surface area contributed by atoms with E-state index >= 15 is 0 Å². The molecule has 0 aromatic heterocycles. The molecule has 23 heavy (non-hydrogen) atoms. The van der Waals surface area contributed by atoms with Crippen LogP contribution in [0.2, 0.25) is 5.02 Å². The molecule has 2 N–H and O–H groups in total. The molecule has 9 heteroatoms. The third kappa shape index (κ3) is 8.44. The first-order valence-corrected chi connectivity index (χ1v) is 7.50. The van der Waals surface area contributed by atoms with Crippen LogP contribution < -0.4 is 14.8 Å². The van der Waals surface area contributed by atoms with Crippen molar-refractivity contribution < 1.29 is 24.5 Å². The Bertz CT molecular complexity index is 500. The standard InChI is InChI=1S/C14H21ClN2O6/c1-10(2)16-8-11(18)9-22-12-3-4-14(13(15)7-12)21-5-6-23-17(19)20/h3-4,7,10-11,16,18H,5-6,8-9H2,1-2H3. The summed E-state index contributed by atoms with van der Waals surface area (Å²) in [6.07, 6.45) is -0.633. The van der Waals surface area contributed by atoms with Crippen LogP contribution in [0.3, 0.4) is 0 Å². The molecule has 0 radical (unpaired) electrons. The third-order valence-electron chi connectivity index (χ3n) is 2.65. The zero-order valence-electron chi connectivity index (χ0n) is 13.0. The van der Waals surface area contributed by atoms with Gasteiger partial charge in [-0.2, -0.15) is 0 Å². The van der Waals surface area contributed by atoms with Crippen LogP contribution in [0, 0.1) is 10.1 Å². The highest BCUT2D eigenvalue weighted by Gasteiger charge is 2.08. The number of halogens is 1. The summed E-state index contributed by atoms with van der Waals surface area (Å²) >= 11 is 6.03. The molecule has 1 unspecified atom stereocenters. The van der Waals surface area contributed by atoms with Crippen molar-refractivity contribution in [3.05, 3.63) is 33.3 Å². The molecule has 0 amide bonds. The van der Waals surface area contributed by atoms with E-state index in [1.165, 1.54) is 0 Å². The quantitative estimate of drug-likeness (QED) is 0.356. The Balaban J connectivity index is 2.38. The number of benzene rings is 1. The fourth-order valence-electron chi connectivity index (χ4n) is 1.57. The zero-order chi connectivity index (χ0) is 17.2. The lowest BCUT2D eigenvalue weighted by molar-refractivity contribution is -0.757. The van der Waals surface area contributed by atoms with Crippen molar-refractivity contribution in [3.8, 4) is 11.5 Å². The van der Waals surface area contributed by atoms with Crippen molar-refractivity contribution in [3.63, 3.8) is 0 Å². The summed E-state index contributed by atoms with van der Waals surface area (Å²) in [7, 11) is 0. The topological polar surface area (TPSA) is 103 Å². The molecule has 130 valence electrons. The number of aliphatic hydroxyl groups is 1. The molecule has 0 spiro atoms. The average molecular weight is 349 g/mol. The van der Waals surface area contributed by atoms with Crippen LogP contribution in [-0.4, -0.2) is 48.7 Å². The Morgan fingerprint density at radius 2 is 2.09 bits per heavy atom. The van der Waals surface area contributed by atoms with Crippen LogP contribution in [0.15, 0.2) is 18.2 Å². The lowest BCUT2D eigenvalue weighted by Gasteiger charge is -2.15. The minimum Gasteiger partial charge on any atom is -0.491 e. The molecule has 0 aliphatic rings. The molecule has 0 aliphatic heterocycles. The molecule has 1 aromatic carbocycles. The van der Waals surface area contributed by atoms with Gasteiger partial charge in [0, 0.05) is 18.7 Å². The fraction of sp³-hybridized carbons (Fsp3) is 0.571. The Kier molecular flexibility index (Phi) is 8.46. The van der Waals surface area contributed by atoms with Crippen LogP contribution in [0.25, 0.3) is 0 Å². The average Bonchev–Trinajstić information content (AvgIpc) is 2.48. The Hall–Kier alpha value is -1.77. The molecular weight excluding hydrogens is 328 g/mol. The van der Waals surface area contributed by atoms with Gasteiger partial charge in [-0.15, -0.1) is 10.1 Å². The van der Waals surface area contributed by atoms with Crippen molar-refractivity contribution in [2.45, 2.75) is 26.0 Å². The van der Waals surface area contributed by atoms with Gasteiger partial charge in [-0.3, -0.25) is 0 Å². The SMILES string of the molecule is CC(C)NCC(O)COc1ccc(OCCO[N+](=O)[O-])c(Cl)c1. The van der Waals surface area contributed by atoms with Gasteiger partial charge in [0.05, 0.1) is 5.02 Å². The van der Waals surface area contributed by atoms with Gasteiger partial charge >= 0.3 is 0 Å². The first kappa shape index (κ1) is 19.3. The second-order valence-electron chi connectivity index (χ2n) is 5.03. The monoisotopic (exact) mass is 348 g/mol. The zero-order valence-corrected chi connectivity index (χ0v) is 13.8. The number of hydrogen-bond acceptors (Lipinski definition) is 7. The predicted molar refractivity (Wildman–Crippen MR) is 84.5 cm³/mol. The van der Waals surface area contributed by atoms with E-state index in [0.29, 0.717) is 23.1 Å². The summed E-state index contributed by atoms with van der Waals surface area (Å²) in [5.74, 6) is 0.862. The molecule has 1 atom stereocenters. The number of ether oxygens (including phenoxy) is 2. The number of nitrogens with one attached hydrogen (secondary N) is 1. The number of hydrogen-bond donors (Lipinski definition) is 2. The fourth-order valence-corrected chi connectivity index (χ4v) is 1.80. The molecule has 0 aliphatic carbocycles. The lowest BCUT2D eigenvalue weighted by Crippen LogP contribution is -2.35. The van der Waals surface area contributed by atoms with E-state index in [4.69, 9.17) is 21.1 Å². The van der Waals surface area contributed by atoms with E-state index in [1.54, 1.807) is 18.2 Å². The minimum absolute atomic E-state index is 0.000486. The maximum absolute atomic E-state index is 9.99. The minimum atomic E-state index is -0.888. The van der Waals surface area contributed by atoms with Gasteiger partial charge < -0.3 is 24.7 Å². The number of aliphatic hydroxyl groups excluding tert-OH is 1. The van der Waals surface area contributed by atoms with E-state index < -0.39 is 11.2 Å². The van der Waals surface area contributed by atoms with E-state index in [0.717, 1.165) is 0 Å². The summed E-state index contributed by atoms with van der Waals surface area (Å²) in [4.78, 5) is 14.1. The summed E-state index contributed by atoms with van der Waals surface area (Å²) in [5, 5.41) is 22.3. The van der Waals surface area contributed by atoms with E-state index in [2.05, 4.69) is 10.2 Å². The summed E-state index contributed by atoms with van der Waals surface area (Å²) in [6.45, 7) is 4.36. The van der Waals surface area contributed by atoms with Gasteiger partial charge in [0.1, 0.15) is 37.4 Å². The molecule has 1 rings (SSSR count). The maximum atomic E-state index is 9.99. The Morgan fingerprint density at radius 3 is 2.70 bits per heavy atom. The van der Waals surface area contributed by atoms with Crippen LogP contribution in [0.1, 0.15) is 13.8 Å². The van der Waals surface area contributed by atoms with Crippen molar-refractivity contribution >= 4 is 11.6 Å². The van der Waals surface area contributed by atoms with E-state index in [1.807, 2.05) is 13.8 Å². The van der Waals surface area contributed by atoms with Gasteiger partial charge in [-0.25, -0.2) is 0 Å². The summed E-state index contributed by atoms with van der Waals surface area (Å²) in [6, 6.07) is 5.06. The highest BCUT2D eigenvalue weighted by molar-refractivity contribution is 6.32. The summed E-state index contributed by atoms with van der Waals surface area (Å²) in [5.41, 5.74) is 0.